The molecule has 1 amide bonds. The van der Waals surface area contributed by atoms with E-state index < -0.39 is 23.7 Å². The van der Waals surface area contributed by atoms with E-state index in [4.69, 9.17) is 9.47 Å². The summed E-state index contributed by atoms with van der Waals surface area (Å²) in [6, 6.07) is 11.2. The number of ether oxygens (including phenoxy) is 2. The van der Waals surface area contributed by atoms with Crippen LogP contribution < -0.4 is 9.64 Å². The Morgan fingerprint density at radius 1 is 1.19 bits per heavy atom. The van der Waals surface area contributed by atoms with Gasteiger partial charge in [-0.1, -0.05) is 39.4 Å². The summed E-state index contributed by atoms with van der Waals surface area (Å²) in [4.78, 5) is 45.0. The highest BCUT2D eigenvalue weighted by Gasteiger charge is 2.48. The van der Waals surface area contributed by atoms with Gasteiger partial charge in [-0.2, -0.15) is 0 Å². The normalized spacial score (nSPS) is 16.9. The summed E-state index contributed by atoms with van der Waals surface area (Å²) in [7, 11) is 1.54. The monoisotopic (exact) mass is 570 g/mol. The number of hydrogen-bond donors (Lipinski definition) is 1. The zero-order chi connectivity index (χ0) is 26.1. The van der Waals surface area contributed by atoms with E-state index in [1.165, 1.54) is 12.0 Å². The average molecular weight is 571 g/mol. The third-order valence-corrected chi connectivity index (χ3v) is 7.38. The maximum absolute atomic E-state index is 13.4. The first-order valence-corrected chi connectivity index (χ1v) is 12.6. The lowest BCUT2D eigenvalue weighted by Gasteiger charge is -2.23. The number of hydrogen-bond acceptors (Lipinski definition) is 8. The van der Waals surface area contributed by atoms with Crippen LogP contribution in [0.2, 0.25) is 0 Å². The molecule has 1 atom stereocenters. The molecule has 2 aromatic carbocycles. The molecule has 36 heavy (non-hydrogen) atoms. The third kappa shape index (κ3) is 4.54. The number of aliphatic hydroxyl groups is 1. The van der Waals surface area contributed by atoms with Crippen LogP contribution in [-0.2, 0) is 14.3 Å². The number of ketones is 1. The number of benzene rings is 2. The van der Waals surface area contributed by atoms with Gasteiger partial charge in [0.05, 0.1) is 31.0 Å². The van der Waals surface area contributed by atoms with Crippen LogP contribution in [0.1, 0.15) is 45.0 Å². The molecular formula is C26H23BrN2O6S. The van der Waals surface area contributed by atoms with Crippen LogP contribution in [0, 0.1) is 13.8 Å². The fourth-order valence-corrected chi connectivity index (χ4v) is 5.47. The van der Waals surface area contributed by atoms with Gasteiger partial charge < -0.3 is 14.6 Å². The van der Waals surface area contributed by atoms with Crippen molar-refractivity contribution in [2.24, 2.45) is 0 Å². The molecule has 0 radical (unpaired) electrons. The minimum Gasteiger partial charge on any atom is -0.507 e. The van der Waals surface area contributed by atoms with Crippen molar-refractivity contribution in [3.05, 3.63) is 79.8 Å². The van der Waals surface area contributed by atoms with Crippen LogP contribution in [0.5, 0.6) is 5.75 Å². The van der Waals surface area contributed by atoms with Crippen molar-refractivity contribution in [2.45, 2.75) is 26.8 Å². The van der Waals surface area contributed by atoms with E-state index in [1.54, 1.807) is 57.2 Å². The molecular weight excluding hydrogens is 548 g/mol. The number of carbonyl (C=O) groups is 3. The number of aryl methyl sites for hydroxylation is 2. The Hall–Kier alpha value is -3.50. The van der Waals surface area contributed by atoms with Gasteiger partial charge in [0.2, 0.25) is 0 Å². The number of methoxy groups -OCH3 is 1. The first-order chi connectivity index (χ1) is 17.2. The molecule has 1 aliphatic rings. The van der Waals surface area contributed by atoms with Crippen molar-refractivity contribution in [1.29, 1.82) is 0 Å². The molecule has 0 saturated carbocycles. The molecule has 1 aliphatic heterocycles. The Morgan fingerprint density at radius 2 is 1.94 bits per heavy atom. The largest absolute Gasteiger partial charge is 0.507 e. The molecule has 0 bridgehead atoms. The molecule has 0 spiro atoms. The summed E-state index contributed by atoms with van der Waals surface area (Å²) in [6.07, 6.45) is 0. The highest BCUT2D eigenvalue weighted by atomic mass is 79.9. The van der Waals surface area contributed by atoms with E-state index in [2.05, 4.69) is 20.9 Å². The fourth-order valence-electron chi connectivity index (χ4n) is 4.07. The molecule has 1 aromatic heterocycles. The number of aliphatic hydroxyl groups excluding tert-OH is 1. The van der Waals surface area contributed by atoms with E-state index in [0.29, 0.717) is 28.1 Å². The number of carbonyl (C=O) groups excluding carboxylic acids is 3. The number of esters is 1. The Bertz CT molecular complexity index is 1410. The first kappa shape index (κ1) is 25.6. The van der Waals surface area contributed by atoms with Crippen molar-refractivity contribution in [3.63, 3.8) is 0 Å². The van der Waals surface area contributed by atoms with Crippen molar-refractivity contribution >= 4 is 55.8 Å². The summed E-state index contributed by atoms with van der Waals surface area (Å²) in [5.74, 6) is -1.96. The van der Waals surface area contributed by atoms with Crippen molar-refractivity contribution in [2.75, 3.05) is 18.6 Å². The number of halogens is 1. The van der Waals surface area contributed by atoms with Crippen molar-refractivity contribution < 1.29 is 29.0 Å². The lowest BCUT2D eigenvalue weighted by atomic mass is 9.94. The Balaban J connectivity index is 1.93. The third-order valence-electron chi connectivity index (χ3n) is 5.75. The molecule has 3 aromatic rings. The van der Waals surface area contributed by atoms with Crippen LogP contribution in [0.15, 0.2) is 52.5 Å². The van der Waals surface area contributed by atoms with E-state index in [9.17, 15) is 19.5 Å². The predicted octanol–water partition coefficient (Wildman–Crippen LogP) is 5.33. The Kier molecular flexibility index (Phi) is 7.28. The Labute approximate surface area is 220 Å². The summed E-state index contributed by atoms with van der Waals surface area (Å²) in [6.45, 7) is 5.30. The second kappa shape index (κ2) is 10.2. The molecule has 0 aliphatic carbocycles. The van der Waals surface area contributed by atoms with Gasteiger partial charge in [-0.05, 0) is 62.2 Å². The zero-order valence-corrected chi connectivity index (χ0v) is 22.4. The maximum Gasteiger partial charge on any atom is 0.350 e. The first-order valence-electron chi connectivity index (χ1n) is 11.0. The number of nitrogens with zero attached hydrogens (tertiary/aromatic N) is 2. The van der Waals surface area contributed by atoms with Gasteiger partial charge in [0.15, 0.2) is 5.13 Å². The maximum atomic E-state index is 13.4. The van der Waals surface area contributed by atoms with Crippen LogP contribution in [0.3, 0.4) is 0 Å². The van der Waals surface area contributed by atoms with E-state index in [0.717, 1.165) is 15.8 Å². The van der Waals surface area contributed by atoms with Crippen molar-refractivity contribution in [3.8, 4) is 5.75 Å². The molecule has 1 saturated heterocycles. The second-order valence-corrected chi connectivity index (χ2v) is 9.93. The summed E-state index contributed by atoms with van der Waals surface area (Å²) < 4.78 is 11.1. The summed E-state index contributed by atoms with van der Waals surface area (Å²) in [5, 5.41) is 11.5. The smallest absolute Gasteiger partial charge is 0.350 e. The molecule has 10 heteroatoms. The van der Waals surface area contributed by atoms with Gasteiger partial charge in [-0.15, -0.1) is 0 Å². The molecule has 1 fully saturated rings. The molecule has 1 N–H and O–H groups in total. The molecule has 186 valence electrons. The lowest BCUT2D eigenvalue weighted by molar-refractivity contribution is -0.132. The van der Waals surface area contributed by atoms with Crippen molar-refractivity contribution in [1.82, 2.24) is 4.98 Å². The quantitative estimate of drug-likeness (QED) is 0.184. The Morgan fingerprint density at radius 3 is 2.58 bits per heavy atom. The fraction of sp³-hybridized carbons (Fsp3) is 0.231. The molecule has 8 nitrogen and oxygen atoms in total. The number of thiazole rings is 1. The minimum atomic E-state index is -0.968. The average Bonchev–Trinajstić information content (AvgIpc) is 3.35. The molecule has 2 heterocycles. The SMILES string of the molecule is CCOC(=O)c1sc(N2C(=O)C(=O)/C(=C(/O)c3ccc(OC)cc3C)[C@@H]2c2cccc(Br)c2)nc1C. The standard InChI is InChI=1S/C26H23BrN2O6S/c1-5-35-25(33)23-14(3)28-26(36-23)29-20(15-7-6-8-16(27)12-15)19(22(31)24(29)32)21(30)18-10-9-17(34-4)11-13(18)2/h6-12,20,30H,5H2,1-4H3/b21-19+/t20-/m0/s1. The van der Waals surface area contributed by atoms with E-state index >= 15 is 0 Å². The number of Topliss-reactive ketones (excluding diaryl/α,β-unsaturated/α-hetero) is 1. The van der Waals surface area contributed by atoms with Gasteiger partial charge in [0.25, 0.3) is 5.78 Å². The van der Waals surface area contributed by atoms with Crippen LogP contribution in [0.25, 0.3) is 5.76 Å². The van der Waals surface area contributed by atoms with Crippen LogP contribution in [-0.4, -0.2) is 41.5 Å². The van der Waals surface area contributed by atoms with Crippen LogP contribution in [0.4, 0.5) is 5.13 Å². The zero-order valence-electron chi connectivity index (χ0n) is 20.0. The lowest BCUT2D eigenvalue weighted by Crippen LogP contribution is -2.29. The topological polar surface area (TPSA) is 106 Å². The van der Waals surface area contributed by atoms with E-state index in [-0.39, 0.29) is 27.9 Å². The second-order valence-electron chi connectivity index (χ2n) is 8.04. The van der Waals surface area contributed by atoms with Gasteiger partial charge in [-0.25, -0.2) is 9.78 Å². The van der Waals surface area contributed by atoms with E-state index in [1.807, 2.05) is 6.07 Å². The number of amides is 1. The van der Waals surface area contributed by atoms with Gasteiger partial charge in [-0.3, -0.25) is 14.5 Å². The van der Waals surface area contributed by atoms with Gasteiger partial charge in [0, 0.05) is 10.0 Å². The van der Waals surface area contributed by atoms with Crippen LogP contribution >= 0.6 is 27.3 Å². The predicted molar refractivity (Wildman–Crippen MR) is 139 cm³/mol. The highest BCUT2D eigenvalue weighted by Crippen LogP contribution is 2.44. The van der Waals surface area contributed by atoms with Gasteiger partial charge in [0.1, 0.15) is 16.4 Å². The highest BCUT2D eigenvalue weighted by molar-refractivity contribution is 9.10. The number of rotatable bonds is 6. The molecule has 0 unspecified atom stereocenters. The summed E-state index contributed by atoms with van der Waals surface area (Å²) >= 11 is 4.41. The molecule has 4 rings (SSSR count). The number of aromatic nitrogens is 1. The van der Waals surface area contributed by atoms with Gasteiger partial charge >= 0.3 is 11.9 Å². The summed E-state index contributed by atoms with van der Waals surface area (Å²) in [5.41, 5.74) is 1.96. The number of anilines is 1. The minimum absolute atomic E-state index is 0.0723.